The van der Waals surface area contributed by atoms with Crippen molar-refractivity contribution in [3.8, 4) is 0 Å². The molecule has 0 aliphatic carbocycles. The van der Waals surface area contributed by atoms with Gasteiger partial charge >= 0.3 is 0 Å². The highest BCUT2D eigenvalue weighted by molar-refractivity contribution is 7.89. The molecule has 1 aliphatic heterocycles. The summed E-state index contributed by atoms with van der Waals surface area (Å²) in [5.74, 6) is -0.316. The average molecular weight is 386 g/mol. The van der Waals surface area contributed by atoms with E-state index in [1.807, 2.05) is 6.07 Å². The monoisotopic (exact) mass is 386 g/mol. The third-order valence-electron chi connectivity index (χ3n) is 4.75. The molecule has 1 aliphatic rings. The predicted octanol–water partition coefficient (Wildman–Crippen LogP) is 2.42. The van der Waals surface area contributed by atoms with Gasteiger partial charge in [-0.05, 0) is 37.1 Å². The van der Waals surface area contributed by atoms with Gasteiger partial charge in [0.2, 0.25) is 10.0 Å². The van der Waals surface area contributed by atoms with Gasteiger partial charge in [0.05, 0.1) is 10.9 Å². The zero-order valence-electron chi connectivity index (χ0n) is 15.3. The maximum absolute atomic E-state index is 12.9. The second-order valence-electron chi connectivity index (χ2n) is 6.70. The molecule has 1 atom stereocenters. The van der Waals surface area contributed by atoms with Crippen molar-refractivity contribution < 1.29 is 18.0 Å². The molecule has 1 unspecified atom stereocenters. The third kappa shape index (κ3) is 3.79. The molecule has 2 aromatic rings. The highest BCUT2D eigenvalue weighted by atomic mass is 32.2. The Morgan fingerprint density at radius 1 is 0.963 bits per heavy atom. The summed E-state index contributed by atoms with van der Waals surface area (Å²) >= 11 is 0. The summed E-state index contributed by atoms with van der Waals surface area (Å²) < 4.78 is 25.4. The predicted molar refractivity (Wildman–Crippen MR) is 102 cm³/mol. The summed E-state index contributed by atoms with van der Waals surface area (Å²) in [6.07, 6.45) is 1.40. The first-order chi connectivity index (χ1) is 12.8. The molecular weight excluding hydrogens is 364 g/mol. The average Bonchev–Trinajstić information content (AvgIpc) is 3.17. The van der Waals surface area contributed by atoms with E-state index in [1.165, 1.54) is 38.4 Å². The van der Waals surface area contributed by atoms with Gasteiger partial charge in [-0.15, -0.1) is 0 Å². The number of hydrogen-bond donors (Lipinski definition) is 0. The molecule has 6 nitrogen and oxygen atoms in total. The lowest BCUT2D eigenvalue weighted by Gasteiger charge is -2.24. The number of amides is 1. The lowest BCUT2D eigenvalue weighted by atomic mass is 10.0. The van der Waals surface area contributed by atoms with Crippen LogP contribution in [0.1, 0.15) is 33.6 Å². The molecule has 0 saturated carbocycles. The van der Waals surface area contributed by atoms with Gasteiger partial charge in [0.15, 0.2) is 5.78 Å². The molecule has 0 N–H and O–H groups in total. The van der Waals surface area contributed by atoms with Crippen LogP contribution < -0.4 is 0 Å². The maximum Gasteiger partial charge on any atom is 0.254 e. The van der Waals surface area contributed by atoms with E-state index in [0.717, 1.165) is 10.7 Å². The first-order valence-corrected chi connectivity index (χ1v) is 10.2. The lowest BCUT2D eigenvalue weighted by molar-refractivity contribution is 0.0671. The Bertz CT molecular complexity index is 938. The van der Waals surface area contributed by atoms with Gasteiger partial charge in [0, 0.05) is 31.8 Å². The third-order valence-corrected chi connectivity index (χ3v) is 6.58. The highest BCUT2D eigenvalue weighted by Crippen LogP contribution is 2.24. The fourth-order valence-electron chi connectivity index (χ4n) is 3.22. The van der Waals surface area contributed by atoms with Gasteiger partial charge in [-0.2, -0.15) is 0 Å². The van der Waals surface area contributed by atoms with E-state index in [-0.39, 0.29) is 16.6 Å². The molecule has 7 heteroatoms. The van der Waals surface area contributed by atoms with Gasteiger partial charge in [-0.3, -0.25) is 9.59 Å². The zero-order valence-corrected chi connectivity index (χ0v) is 16.1. The molecule has 142 valence electrons. The van der Waals surface area contributed by atoms with E-state index in [9.17, 15) is 18.0 Å². The summed E-state index contributed by atoms with van der Waals surface area (Å²) in [7, 11) is -0.631. The first kappa shape index (κ1) is 19.3. The van der Waals surface area contributed by atoms with Crippen LogP contribution in [0.5, 0.6) is 0 Å². The van der Waals surface area contributed by atoms with Crippen molar-refractivity contribution in [2.45, 2.75) is 23.8 Å². The summed E-state index contributed by atoms with van der Waals surface area (Å²) in [4.78, 5) is 27.4. The largest absolute Gasteiger partial charge is 0.328 e. The standard InChI is InChI=1S/C20H22N2O4S/c1-21(2)27(25,26)17-12-10-16(11-13-17)20(24)22-14-6-9-18(22)19(23)15-7-4-3-5-8-15/h3-5,7-8,10-13,18H,6,9,14H2,1-2H3. The molecule has 0 radical (unpaired) electrons. The number of carbonyl (C=O) groups excluding carboxylic acids is 2. The molecule has 3 rings (SSSR count). The SMILES string of the molecule is CN(C)S(=O)(=O)c1ccc(C(=O)N2CCCC2C(=O)c2ccccc2)cc1. The molecule has 1 heterocycles. The molecule has 0 aromatic heterocycles. The Balaban J connectivity index is 1.82. The van der Waals surface area contributed by atoms with Gasteiger partial charge in [0.1, 0.15) is 0 Å². The van der Waals surface area contributed by atoms with Crippen molar-refractivity contribution in [1.29, 1.82) is 0 Å². The van der Waals surface area contributed by atoms with Crippen molar-refractivity contribution in [3.63, 3.8) is 0 Å². The van der Waals surface area contributed by atoms with Crippen LogP contribution in [-0.4, -0.2) is 56.0 Å². The number of benzene rings is 2. The summed E-state index contributed by atoms with van der Waals surface area (Å²) in [6, 6.07) is 14.3. The molecule has 1 amide bonds. The fraction of sp³-hybridized carbons (Fsp3) is 0.300. The lowest BCUT2D eigenvalue weighted by Crippen LogP contribution is -2.40. The molecule has 0 spiro atoms. The van der Waals surface area contributed by atoms with Crippen LogP contribution in [0.3, 0.4) is 0 Å². The number of rotatable bonds is 5. The Kier molecular flexibility index (Phi) is 5.43. The van der Waals surface area contributed by atoms with Crippen molar-refractivity contribution in [2.24, 2.45) is 0 Å². The number of hydrogen-bond acceptors (Lipinski definition) is 4. The minimum atomic E-state index is -3.54. The maximum atomic E-state index is 12.9. The number of nitrogens with zero attached hydrogens (tertiary/aromatic N) is 2. The van der Waals surface area contributed by atoms with Gasteiger partial charge in [0.25, 0.3) is 5.91 Å². The van der Waals surface area contributed by atoms with E-state index >= 15 is 0 Å². The van der Waals surface area contributed by atoms with Crippen molar-refractivity contribution >= 4 is 21.7 Å². The molecule has 27 heavy (non-hydrogen) atoms. The Hall–Kier alpha value is -2.51. The van der Waals surface area contributed by atoms with E-state index in [1.54, 1.807) is 29.2 Å². The highest BCUT2D eigenvalue weighted by Gasteiger charge is 2.35. The number of ketones is 1. The molecular formula is C20H22N2O4S. The normalized spacial score (nSPS) is 17.3. The Morgan fingerprint density at radius 2 is 1.59 bits per heavy atom. The van der Waals surface area contributed by atoms with Crippen LogP contribution in [0.25, 0.3) is 0 Å². The minimum Gasteiger partial charge on any atom is -0.328 e. The van der Waals surface area contributed by atoms with Gasteiger partial charge in [-0.1, -0.05) is 30.3 Å². The number of carbonyl (C=O) groups is 2. The summed E-state index contributed by atoms with van der Waals surface area (Å²) in [5, 5.41) is 0. The second kappa shape index (κ2) is 7.62. The quantitative estimate of drug-likeness (QED) is 0.740. The van der Waals surface area contributed by atoms with Crippen LogP contribution in [-0.2, 0) is 10.0 Å². The van der Waals surface area contributed by atoms with E-state index in [0.29, 0.717) is 24.1 Å². The molecule has 0 bridgehead atoms. The summed E-state index contributed by atoms with van der Waals surface area (Å²) in [6.45, 7) is 0.514. The van der Waals surface area contributed by atoms with Crippen LogP contribution in [0, 0.1) is 0 Å². The van der Waals surface area contributed by atoms with Crippen molar-refractivity contribution in [1.82, 2.24) is 9.21 Å². The summed E-state index contributed by atoms with van der Waals surface area (Å²) in [5.41, 5.74) is 0.968. The topological polar surface area (TPSA) is 74.8 Å². The number of Topliss-reactive ketones (excluding diaryl/α,β-unsaturated/α-hetero) is 1. The minimum absolute atomic E-state index is 0.0618. The molecule has 1 saturated heterocycles. The number of likely N-dealkylation sites (tertiary alicyclic amines) is 1. The smallest absolute Gasteiger partial charge is 0.254 e. The van der Waals surface area contributed by atoms with E-state index in [4.69, 9.17) is 0 Å². The van der Waals surface area contributed by atoms with Gasteiger partial charge in [-0.25, -0.2) is 12.7 Å². The van der Waals surface area contributed by atoms with Crippen LogP contribution in [0.2, 0.25) is 0 Å². The Labute approximate surface area is 159 Å². The van der Waals surface area contributed by atoms with Crippen molar-refractivity contribution in [2.75, 3.05) is 20.6 Å². The zero-order chi connectivity index (χ0) is 19.6. The Morgan fingerprint density at radius 3 is 2.19 bits per heavy atom. The fourth-order valence-corrected chi connectivity index (χ4v) is 4.12. The second-order valence-corrected chi connectivity index (χ2v) is 8.85. The van der Waals surface area contributed by atoms with Crippen molar-refractivity contribution in [3.05, 3.63) is 65.7 Å². The van der Waals surface area contributed by atoms with Crippen LogP contribution >= 0.6 is 0 Å². The van der Waals surface area contributed by atoms with Gasteiger partial charge < -0.3 is 4.90 Å². The molecule has 1 fully saturated rings. The van der Waals surface area contributed by atoms with Crippen LogP contribution in [0.4, 0.5) is 0 Å². The number of sulfonamides is 1. The first-order valence-electron chi connectivity index (χ1n) is 8.75. The van der Waals surface area contributed by atoms with E-state index in [2.05, 4.69) is 0 Å². The van der Waals surface area contributed by atoms with Crippen LogP contribution in [0.15, 0.2) is 59.5 Å². The molecule has 2 aromatic carbocycles. The van der Waals surface area contributed by atoms with E-state index < -0.39 is 16.1 Å².